The molecule has 0 aliphatic rings. The Labute approximate surface area is 97.7 Å². The SMILES string of the molecule is COc1cc([C@@H](N)C(=O)O)cc(Cl)c1OC. The Morgan fingerprint density at radius 3 is 2.50 bits per heavy atom. The van der Waals surface area contributed by atoms with E-state index in [1.54, 1.807) is 0 Å². The second kappa shape index (κ2) is 5.05. The first-order valence-corrected chi connectivity index (χ1v) is 4.78. The van der Waals surface area contributed by atoms with Crippen LogP contribution in [0.15, 0.2) is 12.1 Å². The number of benzene rings is 1. The lowest BCUT2D eigenvalue weighted by Gasteiger charge is -2.13. The Morgan fingerprint density at radius 1 is 1.44 bits per heavy atom. The minimum absolute atomic E-state index is 0.258. The fraction of sp³-hybridized carbons (Fsp3) is 0.300. The lowest BCUT2D eigenvalue weighted by Crippen LogP contribution is -2.20. The van der Waals surface area contributed by atoms with Crippen LogP contribution in [0.25, 0.3) is 0 Å². The number of halogens is 1. The molecule has 1 atom stereocenters. The number of carboxylic acid groups (broad SMARTS) is 1. The average molecular weight is 246 g/mol. The lowest BCUT2D eigenvalue weighted by atomic mass is 10.1. The van der Waals surface area contributed by atoms with Gasteiger partial charge in [0.1, 0.15) is 6.04 Å². The predicted molar refractivity (Wildman–Crippen MR) is 59.1 cm³/mol. The van der Waals surface area contributed by atoms with Crippen molar-refractivity contribution in [2.45, 2.75) is 6.04 Å². The molecule has 0 heterocycles. The van der Waals surface area contributed by atoms with Gasteiger partial charge in [-0.2, -0.15) is 0 Å². The van der Waals surface area contributed by atoms with Crippen LogP contribution in [0.3, 0.4) is 0 Å². The maximum absolute atomic E-state index is 10.7. The van der Waals surface area contributed by atoms with Crippen molar-refractivity contribution in [3.63, 3.8) is 0 Å². The van der Waals surface area contributed by atoms with Gasteiger partial charge in [0.05, 0.1) is 19.2 Å². The first-order chi connectivity index (χ1) is 7.51. The Balaban J connectivity index is 3.25. The molecule has 1 rings (SSSR count). The fourth-order valence-corrected chi connectivity index (χ4v) is 1.56. The van der Waals surface area contributed by atoms with E-state index in [2.05, 4.69) is 0 Å². The van der Waals surface area contributed by atoms with Gasteiger partial charge < -0.3 is 20.3 Å². The Kier molecular flexibility index (Phi) is 3.98. The number of hydrogen-bond donors (Lipinski definition) is 2. The minimum atomic E-state index is -1.14. The van der Waals surface area contributed by atoms with E-state index in [1.165, 1.54) is 26.4 Å². The number of ether oxygens (including phenoxy) is 2. The quantitative estimate of drug-likeness (QED) is 0.839. The maximum atomic E-state index is 10.7. The maximum Gasteiger partial charge on any atom is 0.325 e. The molecule has 0 amide bonds. The summed E-state index contributed by atoms with van der Waals surface area (Å²) in [6.45, 7) is 0. The first-order valence-electron chi connectivity index (χ1n) is 4.41. The van der Waals surface area contributed by atoms with Gasteiger partial charge in [0.15, 0.2) is 11.5 Å². The Hall–Kier alpha value is -1.46. The van der Waals surface area contributed by atoms with Crippen molar-refractivity contribution >= 4 is 17.6 Å². The number of methoxy groups -OCH3 is 2. The molecule has 0 aliphatic carbocycles. The highest BCUT2D eigenvalue weighted by molar-refractivity contribution is 6.32. The standard InChI is InChI=1S/C10H12ClNO4/c1-15-7-4-5(8(12)10(13)14)3-6(11)9(7)16-2/h3-4,8H,12H2,1-2H3,(H,13,14)/t8-/m1/s1. The minimum Gasteiger partial charge on any atom is -0.493 e. The molecular weight excluding hydrogens is 234 g/mol. The van der Waals surface area contributed by atoms with Gasteiger partial charge in [0.25, 0.3) is 0 Å². The summed E-state index contributed by atoms with van der Waals surface area (Å²) in [4.78, 5) is 10.7. The van der Waals surface area contributed by atoms with Crippen LogP contribution in [0.5, 0.6) is 11.5 Å². The number of aliphatic carboxylic acids is 1. The number of hydrogen-bond acceptors (Lipinski definition) is 4. The third kappa shape index (κ3) is 2.37. The predicted octanol–water partition coefficient (Wildman–Crippen LogP) is 1.44. The van der Waals surface area contributed by atoms with Crippen LogP contribution in [-0.2, 0) is 4.79 Å². The second-order valence-electron chi connectivity index (χ2n) is 3.05. The normalized spacial score (nSPS) is 12.0. The van der Waals surface area contributed by atoms with Crippen LogP contribution in [0.2, 0.25) is 5.02 Å². The molecule has 6 heteroatoms. The van der Waals surface area contributed by atoms with Crippen molar-refractivity contribution in [3.05, 3.63) is 22.7 Å². The van der Waals surface area contributed by atoms with Crippen LogP contribution in [-0.4, -0.2) is 25.3 Å². The van der Waals surface area contributed by atoms with Crippen LogP contribution in [0.1, 0.15) is 11.6 Å². The number of carbonyl (C=O) groups is 1. The van der Waals surface area contributed by atoms with Gasteiger partial charge in [0.2, 0.25) is 0 Å². The highest BCUT2D eigenvalue weighted by Gasteiger charge is 2.19. The monoisotopic (exact) mass is 245 g/mol. The summed E-state index contributed by atoms with van der Waals surface area (Å²) in [5, 5.41) is 9.03. The molecule has 5 nitrogen and oxygen atoms in total. The summed E-state index contributed by atoms with van der Waals surface area (Å²) in [5.41, 5.74) is 5.82. The van der Waals surface area contributed by atoms with Crippen molar-refractivity contribution in [1.29, 1.82) is 0 Å². The molecular formula is C10H12ClNO4. The third-order valence-electron chi connectivity index (χ3n) is 2.08. The molecule has 1 aromatic carbocycles. The lowest BCUT2D eigenvalue weighted by molar-refractivity contribution is -0.138. The van der Waals surface area contributed by atoms with E-state index >= 15 is 0 Å². The summed E-state index contributed by atoms with van der Waals surface area (Å²) < 4.78 is 10.0. The zero-order chi connectivity index (χ0) is 12.3. The highest BCUT2D eigenvalue weighted by Crippen LogP contribution is 2.37. The fourth-order valence-electron chi connectivity index (χ4n) is 1.26. The van der Waals surface area contributed by atoms with E-state index in [4.69, 9.17) is 31.9 Å². The number of nitrogens with two attached hydrogens (primary N) is 1. The van der Waals surface area contributed by atoms with Gasteiger partial charge in [-0.25, -0.2) is 0 Å². The van der Waals surface area contributed by atoms with Crippen molar-refractivity contribution in [2.24, 2.45) is 5.73 Å². The van der Waals surface area contributed by atoms with E-state index in [1.807, 2.05) is 0 Å². The molecule has 3 N–H and O–H groups in total. The van der Waals surface area contributed by atoms with Gasteiger partial charge in [-0.3, -0.25) is 4.79 Å². The summed E-state index contributed by atoms with van der Waals surface area (Å²) in [7, 11) is 2.88. The van der Waals surface area contributed by atoms with E-state index < -0.39 is 12.0 Å². The van der Waals surface area contributed by atoms with E-state index in [0.717, 1.165) is 0 Å². The van der Waals surface area contributed by atoms with Gasteiger partial charge in [-0.15, -0.1) is 0 Å². The third-order valence-corrected chi connectivity index (χ3v) is 2.36. The molecule has 0 saturated carbocycles. The largest absolute Gasteiger partial charge is 0.493 e. The topological polar surface area (TPSA) is 81.8 Å². The molecule has 16 heavy (non-hydrogen) atoms. The van der Waals surface area contributed by atoms with E-state index in [0.29, 0.717) is 17.1 Å². The zero-order valence-corrected chi connectivity index (χ0v) is 9.62. The summed E-state index contributed by atoms with van der Waals surface area (Å²) >= 11 is 5.91. The molecule has 0 spiro atoms. The average Bonchev–Trinajstić information content (AvgIpc) is 2.26. The van der Waals surface area contributed by atoms with Crippen LogP contribution in [0, 0.1) is 0 Å². The number of rotatable bonds is 4. The van der Waals surface area contributed by atoms with Crippen molar-refractivity contribution in [3.8, 4) is 11.5 Å². The van der Waals surface area contributed by atoms with E-state index in [9.17, 15) is 4.79 Å². The second-order valence-corrected chi connectivity index (χ2v) is 3.46. The molecule has 0 fully saturated rings. The van der Waals surface area contributed by atoms with Crippen LogP contribution in [0.4, 0.5) is 0 Å². The zero-order valence-electron chi connectivity index (χ0n) is 8.86. The Bertz CT molecular complexity index is 408. The smallest absolute Gasteiger partial charge is 0.325 e. The van der Waals surface area contributed by atoms with Gasteiger partial charge >= 0.3 is 5.97 Å². The first kappa shape index (κ1) is 12.6. The summed E-state index contributed by atoms with van der Waals surface area (Å²) in [6, 6.07) is 1.79. The van der Waals surface area contributed by atoms with E-state index in [-0.39, 0.29) is 5.02 Å². The van der Waals surface area contributed by atoms with Gasteiger partial charge in [-0.1, -0.05) is 11.6 Å². The molecule has 0 saturated heterocycles. The Morgan fingerprint density at radius 2 is 2.06 bits per heavy atom. The van der Waals surface area contributed by atoms with Crippen LogP contribution >= 0.6 is 11.6 Å². The van der Waals surface area contributed by atoms with Crippen molar-refractivity contribution < 1.29 is 19.4 Å². The molecule has 0 aliphatic heterocycles. The molecule has 0 aromatic heterocycles. The molecule has 0 radical (unpaired) electrons. The molecule has 1 aromatic rings. The highest BCUT2D eigenvalue weighted by atomic mass is 35.5. The van der Waals surface area contributed by atoms with Crippen molar-refractivity contribution in [2.75, 3.05) is 14.2 Å². The van der Waals surface area contributed by atoms with Gasteiger partial charge in [-0.05, 0) is 17.7 Å². The van der Waals surface area contributed by atoms with Crippen LogP contribution < -0.4 is 15.2 Å². The summed E-state index contributed by atoms with van der Waals surface area (Å²) in [6.07, 6.45) is 0. The van der Waals surface area contributed by atoms with Crippen molar-refractivity contribution in [1.82, 2.24) is 0 Å². The molecule has 88 valence electrons. The van der Waals surface area contributed by atoms with Gasteiger partial charge in [0, 0.05) is 0 Å². The molecule has 0 unspecified atom stereocenters. The number of carboxylic acids is 1. The summed E-state index contributed by atoms with van der Waals surface area (Å²) in [5.74, 6) is -0.435. The molecule has 0 bridgehead atoms.